The minimum absolute atomic E-state index is 0.0331. The molecule has 3 atom stereocenters. The molecule has 0 aromatic heterocycles. The first-order valence-corrected chi connectivity index (χ1v) is 5.98. The Morgan fingerprint density at radius 1 is 1.38 bits per heavy atom. The van der Waals surface area contributed by atoms with Gasteiger partial charge >= 0.3 is 6.09 Å². The molecule has 0 aliphatic carbocycles. The summed E-state index contributed by atoms with van der Waals surface area (Å²) in [6.45, 7) is 10.9. The van der Waals surface area contributed by atoms with Gasteiger partial charge < -0.3 is 9.47 Å². The predicted octanol–water partition coefficient (Wildman–Crippen LogP) is 2.23. The van der Waals surface area contributed by atoms with Crippen LogP contribution in [0.25, 0.3) is 0 Å². The minimum atomic E-state index is -0.521. The molecule has 2 rings (SSSR count). The highest BCUT2D eigenvalue weighted by molar-refractivity contribution is 5.72. The number of amides is 1. The fraction of sp³-hybridized carbons (Fsp3) is 0.917. The molecule has 0 spiro atoms. The van der Waals surface area contributed by atoms with Crippen molar-refractivity contribution in [2.75, 3.05) is 6.61 Å². The normalized spacial score (nSPS) is 34.1. The van der Waals surface area contributed by atoms with Gasteiger partial charge in [-0.05, 0) is 25.7 Å². The van der Waals surface area contributed by atoms with E-state index in [1.165, 1.54) is 0 Å². The Labute approximate surface area is 96.9 Å². The van der Waals surface area contributed by atoms with Crippen LogP contribution in [0.2, 0.25) is 0 Å². The van der Waals surface area contributed by atoms with Gasteiger partial charge in [0.15, 0.2) is 0 Å². The molecule has 0 aromatic rings. The molecule has 4 heteroatoms. The van der Waals surface area contributed by atoms with Crippen LogP contribution in [0.15, 0.2) is 0 Å². The number of rotatable bonds is 2. The SMILES string of the molecule is CC(C)C(C)C1OC(=O)N2C1COC2(C)C. The van der Waals surface area contributed by atoms with Crippen molar-refractivity contribution < 1.29 is 14.3 Å². The number of fused-ring (bicyclic) bond motifs is 1. The second-order valence-electron chi connectivity index (χ2n) is 5.65. The molecular weight excluding hydrogens is 206 g/mol. The van der Waals surface area contributed by atoms with Crippen LogP contribution in [0, 0.1) is 11.8 Å². The average Bonchev–Trinajstić information content (AvgIpc) is 2.66. The van der Waals surface area contributed by atoms with Crippen molar-refractivity contribution in [3.8, 4) is 0 Å². The molecule has 16 heavy (non-hydrogen) atoms. The summed E-state index contributed by atoms with van der Waals surface area (Å²) in [5.74, 6) is 0.859. The first kappa shape index (κ1) is 11.7. The monoisotopic (exact) mass is 227 g/mol. The van der Waals surface area contributed by atoms with E-state index in [0.717, 1.165) is 0 Å². The van der Waals surface area contributed by atoms with Crippen molar-refractivity contribution in [1.82, 2.24) is 4.90 Å². The maximum Gasteiger partial charge on any atom is 0.412 e. The summed E-state index contributed by atoms with van der Waals surface area (Å²) in [6, 6.07) is 0.0832. The van der Waals surface area contributed by atoms with E-state index in [-0.39, 0.29) is 18.2 Å². The van der Waals surface area contributed by atoms with Crippen molar-refractivity contribution in [3.05, 3.63) is 0 Å². The van der Waals surface area contributed by atoms with Gasteiger partial charge in [0.25, 0.3) is 0 Å². The zero-order valence-electron chi connectivity index (χ0n) is 10.7. The van der Waals surface area contributed by atoms with E-state index in [1.54, 1.807) is 4.90 Å². The average molecular weight is 227 g/mol. The lowest BCUT2D eigenvalue weighted by Crippen LogP contribution is -2.45. The lowest BCUT2D eigenvalue weighted by Gasteiger charge is -2.27. The van der Waals surface area contributed by atoms with Gasteiger partial charge in [-0.2, -0.15) is 0 Å². The third-order valence-electron chi connectivity index (χ3n) is 3.90. The number of carbonyl (C=O) groups is 1. The third-order valence-corrected chi connectivity index (χ3v) is 3.90. The number of nitrogens with zero attached hydrogens (tertiary/aromatic N) is 1. The molecule has 1 amide bonds. The van der Waals surface area contributed by atoms with E-state index < -0.39 is 5.72 Å². The van der Waals surface area contributed by atoms with Crippen molar-refractivity contribution in [3.63, 3.8) is 0 Å². The summed E-state index contributed by atoms with van der Waals surface area (Å²) >= 11 is 0. The maximum absolute atomic E-state index is 11.8. The highest BCUT2D eigenvalue weighted by Gasteiger charge is 2.55. The minimum Gasteiger partial charge on any atom is -0.443 e. The summed E-state index contributed by atoms with van der Waals surface area (Å²) in [5.41, 5.74) is -0.521. The lowest BCUT2D eigenvalue weighted by atomic mass is 9.88. The van der Waals surface area contributed by atoms with Gasteiger partial charge in [0.1, 0.15) is 11.8 Å². The van der Waals surface area contributed by atoms with Gasteiger partial charge in [-0.25, -0.2) is 4.79 Å². The summed E-state index contributed by atoms with van der Waals surface area (Å²) in [6.07, 6.45) is -0.265. The number of cyclic esters (lactones) is 1. The van der Waals surface area contributed by atoms with Crippen molar-refractivity contribution >= 4 is 6.09 Å². The van der Waals surface area contributed by atoms with Crippen LogP contribution in [-0.2, 0) is 9.47 Å². The predicted molar refractivity (Wildman–Crippen MR) is 59.9 cm³/mol. The number of ether oxygens (including phenoxy) is 2. The molecule has 0 aromatic carbocycles. The van der Waals surface area contributed by atoms with Crippen molar-refractivity contribution in [2.45, 2.75) is 52.5 Å². The Balaban J connectivity index is 2.20. The van der Waals surface area contributed by atoms with Gasteiger partial charge in [-0.3, -0.25) is 4.90 Å². The van der Waals surface area contributed by atoms with Gasteiger partial charge in [-0.15, -0.1) is 0 Å². The molecule has 2 heterocycles. The number of carbonyl (C=O) groups excluding carboxylic acids is 1. The third kappa shape index (κ3) is 1.59. The van der Waals surface area contributed by atoms with Gasteiger partial charge in [-0.1, -0.05) is 20.8 Å². The molecule has 0 bridgehead atoms. The molecule has 2 fully saturated rings. The molecule has 2 saturated heterocycles. The van der Waals surface area contributed by atoms with Crippen LogP contribution in [0.1, 0.15) is 34.6 Å². The molecule has 0 radical (unpaired) electrons. The second kappa shape index (κ2) is 3.62. The van der Waals surface area contributed by atoms with Crippen LogP contribution < -0.4 is 0 Å². The van der Waals surface area contributed by atoms with Crippen LogP contribution in [0.5, 0.6) is 0 Å². The fourth-order valence-electron chi connectivity index (χ4n) is 2.52. The molecule has 2 aliphatic heterocycles. The zero-order valence-corrected chi connectivity index (χ0v) is 10.7. The number of hydrogen-bond donors (Lipinski definition) is 0. The summed E-state index contributed by atoms with van der Waals surface area (Å²) in [5, 5.41) is 0. The molecule has 0 saturated carbocycles. The van der Waals surface area contributed by atoms with Crippen LogP contribution >= 0.6 is 0 Å². The van der Waals surface area contributed by atoms with Crippen molar-refractivity contribution in [2.24, 2.45) is 11.8 Å². The smallest absolute Gasteiger partial charge is 0.412 e. The Hall–Kier alpha value is -0.770. The lowest BCUT2D eigenvalue weighted by molar-refractivity contribution is -0.0403. The topological polar surface area (TPSA) is 38.8 Å². The maximum atomic E-state index is 11.8. The Morgan fingerprint density at radius 3 is 2.56 bits per heavy atom. The van der Waals surface area contributed by atoms with Crippen LogP contribution in [0.4, 0.5) is 4.79 Å². The van der Waals surface area contributed by atoms with E-state index >= 15 is 0 Å². The molecule has 92 valence electrons. The van der Waals surface area contributed by atoms with E-state index in [4.69, 9.17) is 9.47 Å². The fourth-order valence-corrected chi connectivity index (χ4v) is 2.52. The number of hydrogen-bond acceptors (Lipinski definition) is 3. The van der Waals surface area contributed by atoms with Crippen molar-refractivity contribution in [1.29, 1.82) is 0 Å². The standard InChI is InChI=1S/C12H21NO3/c1-7(2)8(3)10-9-6-15-12(4,5)13(9)11(14)16-10/h7-10H,6H2,1-5H3. The Kier molecular flexibility index (Phi) is 2.65. The summed E-state index contributed by atoms with van der Waals surface area (Å²) < 4.78 is 11.2. The highest BCUT2D eigenvalue weighted by atomic mass is 16.6. The quantitative estimate of drug-likeness (QED) is 0.726. The van der Waals surface area contributed by atoms with E-state index in [9.17, 15) is 4.79 Å². The Bertz CT molecular complexity index is 301. The molecule has 3 unspecified atom stereocenters. The Morgan fingerprint density at radius 2 is 2.00 bits per heavy atom. The highest BCUT2D eigenvalue weighted by Crippen LogP contribution is 2.39. The van der Waals surface area contributed by atoms with Gasteiger partial charge in [0, 0.05) is 0 Å². The van der Waals surface area contributed by atoms with Crippen LogP contribution in [-0.4, -0.2) is 35.5 Å². The summed E-state index contributed by atoms with van der Waals surface area (Å²) in [4.78, 5) is 13.6. The van der Waals surface area contributed by atoms with Gasteiger partial charge in [0.05, 0.1) is 12.6 Å². The molecular formula is C12H21NO3. The van der Waals surface area contributed by atoms with E-state index in [0.29, 0.717) is 18.4 Å². The first-order valence-electron chi connectivity index (χ1n) is 5.98. The first-order chi connectivity index (χ1) is 7.34. The van der Waals surface area contributed by atoms with Gasteiger partial charge in [0.2, 0.25) is 0 Å². The van der Waals surface area contributed by atoms with E-state index in [1.807, 2.05) is 13.8 Å². The van der Waals surface area contributed by atoms with Crippen LogP contribution in [0.3, 0.4) is 0 Å². The molecule has 2 aliphatic rings. The second-order valence-corrected chi connectivity index (χ2v) is 5.65. The zero-order chi connectivity index (χ0) is 12.1. The largest absolute Gasteiger partial charge is 0.443 e. The molecule has 0 N–H and O–H groups in total. The van der Waals surface area contributed by atoms with E-state index in [2.05, 4.69) is 20.8 Å². The molecule has 4 nitrogen and oxygen atoms in total. The summed E-state index contributed by atoms with van der Waals surface area (Å²) in [7, 11) is 0.